The summed E-state index contributed by atoms with van der Waals surface area (Å²) in [6.45, 7) is 0. The molecule has 0 unspecified atom stereocenters. The van der Waals surface area contributed by atoms with Crippen molar-refractivity contribution in [3.63, 3.8) is 0 Å². The average Bonchev–Trinajstić information content (AvgIpc) is 3.09. The molecule has 0 atom stereocenters. The monoisotopic (exact) mass is 483 g/mol. The maximum atomic E-state index is 12.9. The number of pyridine rings is 1. The summed E-state index contributed by atoms with van der Waals surface area (Å²) in [7, 11) is -1.18. The van der Waals surface area contributed by atoms with E-state index in [1.807, 2.05) is 6.07 Å². The first kappa shape index (κ1) is 20.2. The minimum Gasteiger partial charge on any atom is -0.481 e. The molecule has 1 N–H and O–H groups in total. The fourth-order valence-corrected chi connectivity index (χ4v) is 5.31. The molecule has 9 nitrogen and oxygen atoms in total. The number of sulfonamides is 1. The number of halogens is 1. The Labute approximate surface area is 173 Å². The van der Waals surface area contributed by atoms with Crippen LogP contribution in [0.1, 0.15) is 12.0 Å². The Morgan fingerprint density at radius 2 is 1.89 bits per heavy atom. The first-order valence-electron chi connectivity index (χ1n) is 7.82. The van der Waals surface area contributed by atoms with Crippen molar-refractivity contribution in [3.05, 3.63) is 27.7 Å². The summed E-state index contributed by atoms with van der Waals surface area (Å²) >= 11 is 4.48. The van der Waals surface area contributed by atoms with Crippen LogP contribution in [0.3, 0.4) is 0 Å². The Morgan fingerprint density at radius 3 is 2.50 bits per heavy atom. The third-order valence-electron chi connectivity index (χ3n) is 3.69. The van der Waals surface area contributed by atoms with E-state index in [0.29, 0.717) is 26.8 Å². The summed E-state index contributed by atoms with van der Waals surface area (Å²) in [6.07, 6.45) is 0.524. The summed E-state index contributed by atoms with van der Waals surface area (Å²) in [5.41, 5.74) is 0.490. The van der Waals surface area contributed by atoms with Gasteiger partial charge in [0.25, 0.3) is 10.0 Å². The zero-order valence-corrected chi connectivity index (χ0v) is 18.0. The molecule has 12 heteroatoms. The molecule has 0 saturated heterocycles. The van der Waals surface area contributed by atoms with E-state index in [0.717, 1.165) is 0 Å². The minimum absolute atomic E-state index is 0.0718. The number of nitrogens with one attached hydrogen (secondary N) is 1. The maximum absolute atomic E-state index is 12.9. The third-order valence-corrected chi connectivity index (χ3v) is 6.54. The van der Waals surface area contributed by atoms with Gasteiger partial charge >= 0.3 is 0 Å². The van der Waals surface area contributed by atoms with Crippen LogP contribution in [0.25, 0.3) is 10.2 Å². The molecule has 0 spiro atoms. The van der Waals surface area contributed by atoms with E-state index in [9.17, 15) is 8.42 Å². The fraction of sp³-hybridized carbons (Fsp3) is 0.250. The lowest BCUT2D eigenvalue weighted by atomic mass is 10.2. The van der Waals surface area contributed by atoms with Crippen LogP contribution in [0.2, 0.25) is 0 Å². The third kappa shape index (κ3) is 4.01. The Kier molecular flexibility index (Phi) is 5.97. The van der Waals surface area contributed by atoms with Gasteiger partial charge in [0.2, 0.25) is 17.7 Å². The molecule has 0 amide bonds. The van der Waals surface area contributed by atoms with E-state index < -0.39 is 10.0 Å². The van der Waals surface area contributed by atoms with Crippen molar-refractivity contribution in [3.8, 4) is 17.8 Å². The summed E-state index contributed by atoms with van der Waals surface area (Å²) in [4.78, 5) is 13.1. The lowest BCUT2D eigenvalue weighted by Crippen LogP contribution is -2.16. The van der Waals surface area contributed by atoms with Crippen molar-refractivity contribution in [2.75, 3.05) is 18.9 Å². The number of nitriles is 1. The first-order valence-corrected chi connectivity index (χ1v) is 11.0. The molecule has 0 aliphatic heterocycles. The van der Waals surface area contributed by atoms with Crippen molar-refractivity contribution in [2.24, 2.45) is 0 Å². The molecule has 0 aromatic carbocycles. The van der Waals surface area contributed by atoms with Crippen LogP contribution in [0.4, 0.5) is 5.95 Å². The van der Waals surface area contributed by atoms with E-state index in [1.165, 1.54) is 30.9 Å². The number of thiophene rings is 1. The predicted octanol–water partition coefficient (Wildman–Crippen LogP) is 3.12. The lowest BCUT2D eigenvalue weighted by molar-refractivity contribution is 0.364. The number of fused-ring (bicyclic) bond motifs is 1. The SMILES string of the molecule is COc1nc(NS(=O)(=O)c2csc3nc(Br)ccc23)nc(OC)c1CCC#N. The highest BCUT2D eigenvalue weighted by molar-refractivity contribution is 9.10. The van der Waals surface area contributed by atoms with Gasteiger partial charge in [0.1, 0.15) is 14.3 Å². The van der Waals surface area contributed by atoms with Crippen LogP contribution >= 0.6 is 27.3 Å². The Morgan fingerprint density at radius 1 is 1.21 bits per heavy atom. The van der Waals surface area contributed by atoms with E-state index in [2.05, 4.69) is 35.6 Å². The standard InChI is InChI=1S/C16H14BrN5O4S2/c1-25-13-10(4-3-7-18)14(26-2)21-16(20-13)22-28(23,24)11-8-27-15-9(11)5-6-12(17)19-15/h5-6,8H,3-4H2,1-2H3,(H,20,21,22). The van der Waals surface area contributed by atoms with Gasteiger partial charge < -0.3 is 9.47 Å². The smallest absolute Gasteiger partial charge is 0.265 e. The van der Waals surface area contributed by atoms with Crippen LogP contribution in [0.15, 0.2) is 27.0 Å². The van der Waals surface area contributed by atoms with Gasteiger partial charge in [0.15, 0.2) is 0 Å². The second kappa shape index (κ2) is 8.26. The Hall–Kier alpha value is -2.49. The van der Waals surface area contributed by atoms with Gasteiger partial charge in [-0.25, -0.2) is 18.1 Å². The maximum Gasteiger partial charge on any atom is 0.265 e. The van der Waals surface area contributed by atoms with Crippen LogP contribution in [-0.4, -0.2) is 37.6 Å². The second-order valence-electron chi connectivity index (χ2n) is 5.39. The number of ether oxygens (including phenoxy) is 2. The molecule has 3 aromatic rings. The molecule has 146 valence electrons. The molecular weight excluding hydrogens is 470 g/mol. The van der Waals surface area contributed by atoms with Gasteiger partial charge in [-0.2, -0.15) is 15.2 Å². The predicted molar refractivity (Wildman–Crippen MR) is 107 cm³/mol. The highest BCUT2D eigenvalue weighted by atomic mass is 79.9. The highest BCUT2D eigenvalue weighted by Crippen LogP contribution is 2.32. The molecule has 0 bridgehead atoms. The number of aromatic nitrogens is 3. The van der Waals surface area contributed by atoms with E-state index in [4.69, 9.17) is 14.7 Å². The highest BCUT2D eigenvalue weighted by Gasteiger charge is 2.23. The van der Waals surface area contributed by atoms with E-state index in [-0.39, 0.29) is 29.0 Å². The zero-order chi connectivity index (χ0) is 20.3. The molecule has 3 rings (SSSR count). The topological polar surface area (TPSA) is 127 Å². The number of methoxy groups -OCH3 is 2. The van der Waals surface area contributed by atoms with Crippen molar-refractivity contribution >= 4 is 53.5 Å². The van der Waals surface area contributed by atoms with Gasteiger partial charge in [-0.1, -0.05) is 0 Å². The fourth-order valence-electron chi connectivity index (χ4n) is 2.47. The Balaban J connectivity index is 2.00. The normalized spacial score (nSPS) is 11.2. The molecule has 3 aromatic heterocycles. The Bertz CT molecular complexity index is 1150. The largest absolute Gasteiger partial charge is 0.481 e. The van der Waals surface area contributed by atoms with Crippen LogP contribution in [0.5, 0.6) is 11.8 Å². The zero-order valence-electron chi connectivity index (χ0n) is 14.8. The molecule has 0 radical (unpaired) electrons. The molecule has 28 heavy (non-hydrogen) atoms. The number of nitrogens with zero attached hydrogens (tertiary/aromatic N) is 4. The van der Waals surface area contributed by atoms with Crippen LogP contribution in [0, 0.1) is 11.3 Å². The van der Waals surface area contributed by atoms with Gasteiger partial charge in [0, 0.05) is 17.2 Å². The van der Waals surface area contributed by atoms with Crippen molar-refractivity contribution in [1.29, 1.82) is 5.26 Å². The lowest BCUT2D eigenvalue weighted by Gasteiger charge is -2.13. The summed E-state index contributed by atoms with van der Waals surface area (Å²) < 4.78 is 39.2. The quantitative estimate of drug-likeness (QED) is 0.507. The number of hydrogen-bond donors (Lipinski definition) is 1. The molecule has 0 saturated carbocycles. The molecule has 0 aliphatic carbocycles. The van der Waals surface area contributed by atoms with E-state index >= 15 is 0 Å². The molecule has 0 fully saturated rings. The van der Waals surface area contributed by atoms with Gasteiger partial charge in [-0.3, -0.25) is 0 Å². The molecular formula is C16H14BrN5O4S2. The van der Waals surface area contributed by atoms with Crippen molar-refractivity contribution in [2.45, 2.75) is 17.7 Å². The minimum atomic E-state index is -3.97. The van der Waals surface area contributed by atoms with Gasteiger partial charge in [0.05, 0.1) is 25.9 Å². The second-order valence-corrected chi connectivity index (χ2v) is 8.72. The van der Waals surface area contributed by atoms with Crippen molar-refractivity contribution < 1.29 is 17.9 Å². The molecule has 3 heterocycles. The number of anilines is 1. The van der Waals surface area contributed by atoms with Gasteiger partial charge in [-0.15, -0.1) is 11.3 Å². The van der Waals surface area contributed by atoms with Crippen molar-refractivity contribution in [1.82, 2.24) is 15.0 Å². The van der Waals surface area contributed by atoms with Crippen LogP contribution < -0.4 is 14.2 Å². The van der Waals surface area contributed by atoms with Gasteiger partial charge in [-0.05, 0) is 34.5 Å². The molecule has 0 aliphatic rings. The van der Waals surface area contributed by atoms with Crippen LogP contribution in [-0.2, 0) is 16.4 Å². The first-order chi connectivity index (χ1) is 13.4. The summed E-state index contributed by atoms with van der Waals surface area (Å²) in [5, 5.41) is 10.8. The number of rotatable bonds is 7. The van der Waals surface area contributed by atoms with E-state index in [1.54, 1.807) is 12.1 Å². The summed E-state index contributed by atoms with van der Waals surface area (Å²) in [5.74, 6) is 0.0833. The summed E-state index contributed by atoms with van der Waals surface area (Å²) in [6, 6.07) is 5.36. The average molecular weight is 484 g/mol. The number of hydrogen-bond acceptors (Lipinski definition) is 9.